The van der Waals surface area contributed by atoms with Gasteiger partial charge in [0.05, 0.1) is 24.2 Å². The van der Waals surface area contributed by atoms with Gasteiger partial charge in [-0.1, -0.05) is 60.7 Å². The molecule has 1 atom stereocenters. The Kier molecular flexibility index (Phi) is 7.24. The molecule has 2 heterocycles. The summed E-state index contributed by atoms with van der Waals surface area (Å²) in [4.78, 5) is 31.6. The van der Waals surface area contributed by atoms with Crippen LogP contribution in [0.3, 0.4) is 0 Å². The van der Waals surface area contributed by atoms with Gasteiger partial charge >= 0.3 is 5.57 Å². The van der Waals surface area contributed by atoms with Gasteiger partial charge in [0.2, 0.25) is 5.91 Å². The number of ether oxygens (including phenoxy) is 1. The minimum Gasteiger partial charge on any atom is -0.420 e. The average Bonchev–Trinajstić information content (AvgIpc) is 3.19. The largest absolute Gasteiger partial charge is 0.487 e. The number of anilines is 1. The third-order valence-electron chi connectivity index (χ3n) is 6.84. The first kappa shape index (κ1) is 25.3. The van der Waals surface area contributed by atoms with E-state index in [1.54, 1.807) is 0 Å². The van der Waals surface area contributed by atoms with Crippen molar-refractivity contribution in [2.75, 3.05) is 31.1 Å². The van der Waals surface area contributed by atoms with E-state index in [-0.39, 0.29) is 30.0 Å². The number of rotatable bonds is 7. The third-order valence-corrected chi connectivity index (χ3v) is 6.91. The van der Waals surface area contributed by atoms with Gasteiger partial charge < -0.3 is 4.74 Å². The van der Waals surface area contributed by atoms with Gasteiger partial charge in [-0.3, -0.25) is 19.4 Å². The van der Waals surface area contributed by atoms with Crippen LogP contribution in [-0.4, -0.2) is 59.4 Å². The fraction of sp³-hybridized carbons (Fsp3) is 0.286. The van der Waals surface area contributed by atoms with Crippen molar-refractivity contribution in [1.29, 1.82) is 0 Å². The molecule has 0 unspecified atom stereocenters. The molecule has 0 bridgehead atoms. The number of nitrogens with zero attached hydrogens (tertiary/aromatic N) is 3. The van der Waals surface area contributed by atoms with Crippen molar-refractivity contribution in [2.24, 2.45) is 0 Å². The first-order chi connectivity index (χ1) is 17.8. The standard InChI is InChI=1S/C28H26ClF2N3O3/c29-28(30,31)37-23-13-11-22(12-14-23)34-25(35)19-24(27(34)36)32-15-17-33(18-16-32)26(20-7-3-1-4-8-20)21-9-5-2-6-10-21/h1-14,24,26H,15-19H2/t24-/m0/s1. The Morgan fingerprint density at radius 2 is 1.35 bits per heavy atom. The van der Waals surface area contributed by atoms with E-state index in [4.69, 9.17) is 11.6 Å². The fourth-order valence-electron chi connectivity index (χ4n) is 5.16. The molecule has 5 rings (SSSR count). The van der Waals surface area contributed by atoms with Crippen LogP contribution in [0, 0.1) is 0 Å². The van der Waals surface area contributed by atoms with Crippen molar-refractivity contribution in [2.45, 2.75) is 24.1 Å². The summed E-state index contributed by atoms with van der Waals surface area (Å²) in [5.41, 5.74) is -1.11. The van der Waals surface area contributed by atoms with Gasteiger partial charge in [-0.25, -0.2) is 4.90 Å². The second-order valence-electron chi connectivity index (χ2n) is 9.12. The lowest BCUT2D eigenvalue weighted by molar-refractivity contribution is -0.123. The summed E-state index contributed by atoms with van der Waals surface area (Å²) >= 11 is 4.80. The summed E-state index contributed by atoms with van der Waals surface area (Å²) in [6, 6.07) is 25.6. The molecule has 6 nitrogen and oxygen atoms in total. The van der Waals surface area contributed by atoms with E-state index in [2.05, 4.69) is 38.8 Å². The van der Waals surface area contributed by atoms with Gasteiger partial charge in [0, 0.05) is 37.8 Å². The van der Waals surface area contributed by atoms with Crippen LogP contribution in [-0.2, 0) is 9.59 Å². The van der Waals surface area contributed by atoms with Crippen LogP contribution in [0.2, 0.25) is 0 Å². The van der Waals surface area contributed by atoms with Crippen molar-refractivity contribution < 1.29 is 23.1 Å². The second kappa shape index (κ2) is 10.6. The number of imide groups is 1. The lowest BCUT2D eigenvalue weighted by Gasteiger charge is -2.41. The molecule has 3 aromatic rings. The van der Waals surface area contributed by atoms with Crippen LogP contribution in [0.15, 0.2) is 84.9 Å². The summed E-state index contributed by atoms with van der Waals surface area (Å²) in [5, 5.41) is 0. The maximum absolute atomic E-state index is 13.3. The van der Waals surface area contributed by atoms with E-state index in [9.17, 15) is 18.4 Å². The molecule has 9 heteroatoms. The molecule has 0 saturated carbocycles. The Morgan fingerprint density at radius 1 is 0.811 bits per heavy atom. The molecule has 192 valence electrons. The number of hydrogen-bond acceptors (Lipinski definition) is 5. The molecule has 0 spiro atoms. The quantitative estimate of drug-likeness (QED) is 0.325. The Morgan fingerprint density at radius 3 is 1.86 bits per heavy atom. The van der Waals surface area contributed by atoms with Gasteiger partial charge in [-0.05, 0) is 35.4 Å². The first-order valence-electron chi connectivity index (χ1n) is 12.1. The number of alkyl halides is 3. The Hall–Kier alpha value is -3.33. The van der Waals surface area contributed by atoms with E-state index in [0.29, 0.717) is 18.8 Å². The molecular formula is C28H26ClF2N3O3. The summed E-state index contributed by atoms with van der Waals surface area (Å²) in [6.45, 7) is 2.77. The normalized spacial score (nSPS) is 19.6. The van der Waals surface area contributed by atoms with Gasteiger partial charge in [-0.15, -0.1) is 8.78 Å². The number of piperazine rings is 1. The molecule has 2 amide bonds. The average molecular weight is 526 g/mol. The zero-order chi connectivity index (χ0) is 26.0. The molecule has 2 saturated heterocycles. The molecule has 0 aromatic heterocycles. The number of benzene rings is 3. The maximum atomic E-state index is 13.3. The lowest BCUT2D eigenvalue weighted by Crippen LogP contribution is -2.53. The second-order valence-corrected chi connectivity index (χ2v) is 9.56. The Balaban J connectivity index is 1.27. The lowest BCUT2D eigenvalue weighted by atomic mass is 9.96. The zero-order valence-electron chi connectivity index (χ0n) is 20.0. The van der Waals surface area contributed by atoms with Crippen LogP contribution in [0.4, 0.5) is 14.5 Å². The fourth-order valence-corrected chi connectivity index (χ4v) is 5.25. The minimum absolute atomic E-state index is 0.0810. The number of halogens is 3. The monoisotopic (exact) mass is 525 g/mol. The smallest absolute Gasteiger partial charge is 0.420 e. The summed E-state index contributed by atoms with van der Waals surface area (Å²) in [5.74, 6) is -0.792. The van der Waals surface area contributed by atoms with Crippen LogP contribution >= 0.6 is 11.6 Å². The third kappa shape index (κ3) is 5.66. The van der Waals surface area contributed by atoms with E-state index in [0.717, 1.165) is 18.0 Å². The zero-order valence-corrected chi connectivity index (χ0v) is 20.7. The van der Waals surface area contributed by atoms with Crippen LogP contribution in [0.25, 0.3) is 0 Å². The van der Waals surface area contributed by atoms with Gasteiger partial charge in [0.1, 0.15) is 5.75 Å². The molecule has 37 heavy (non-hydrogen) atoms. The minimum atomic E-state index is -3.84. The SMILES string of the molecule is O=C1C[C@H](N2CCN(C(c3ccccc3)c3ccccc3)CC2)C(=O)N1c1ccc(OC(F)(F)Cl)cc1. The summed E-state index contributed by atoms with van der Waals surface area (Å²) in [7, 11) is 0. The highest BCUT2D eigenvalue weighted by Gasteiger charge is 2.44. The van der Waals surface area contributed by atoms with E-state index in [1.165, 1.54) is 35.4 Å². The molecular weight excluding hydrogens is 500 g/mol. The van der Waals surface area contributed by atoms with E-state index < -0.39 is 11.6 Å². The van der Waals surface area contributed by atoms with Crippen molar-refractivity contribution in [3.8, 4) is 5.75 Å². The number of amides is 2. The first-order valence-corrected chi connectivity index (χ1v) is 12.5. The van der Waals surface area contributed by atoms with Crippen LogP contribution in [0.5, 0.6) is 5.75 Å². The van der Waals surface area contributed by atoms with Crippen molar-refractivity contribution in [1.82, 2.24) is 9.80 Å². The predicted octanol–water partition coefficient (Wildman–Crippen LogP) is 4.89. The van der Waals surface area contributed by atoms with Gasteiger partial charge in [0.15, 0.2) is 0 Å². The molecule has 0 N–H and O–H groups in total. The molecule has 2 fully saturated rings. The number of carbonyl (C=O) groups is 2. The van der Waals surface area contributed by atoms with Crippen LogP contribution in [0.1, 0.15) is 23.6 Å². The summed E-state index contributed by atoms with van der Waals surface area (Å²) in [6.07, 6.45) is 0.0810. The van der Waals surface area contributed by atoms with Crippen molar-refractivity contribution >= 4 is 29.1 Å². The van der Waals surface area contributed by atoms with E-state index in [1.807, 2.05) is 36.4 Å². The Bertz CT molecular complexity index is 1190. The number of carbonyl (C=O) groups excluding carboxylic acids is 2. The predicted molar refractivity (Wildman–Crippen MR) is 137 cm³/mol. The molecule has 2 aliphatic rings. The van der Waals surface area contributed by atoms with Gasteiger partial charge in [0.25, 0.3) is 5.91 Å². The highest BCUT2D eigenvalue weighted by molar-refractivity contribution is 6.22. The molecule has 3 aromatic carbocycles. The van der Waals surface area contributed by atoms with Crippen molar-refractivity contribution in [3.63, 3.8) is 0 Å². The van der Waals surface area contributed by atoms with Gasteiger partial charge in [-0.2, -0.15) is 0 Å². The molecule has 0 radical (unpaired) electrons. The highest BCUT2D eigenvalue weighted by Crippen LogP contribution is 2.33. The summed E-state index contributed by atoms with van der Waals surface area (Å²) < 4.78 is 30.1. The van der Waals surface area contributed by atoms with Crippen LogP contribution < -0.4 is 9.64 Å². The topological polar surface area (TPSA) is 53.1 Å². The molecule has 0 aliphatic carbocycles. The molecule has 2 aliphatic heterocycles. The van der Waals surface area contributed by atoms with Crippen molar-refractivity contribution in [3.05, 3.63) is 96.1 Å². The highest BCUT2D eigenvalue weighted by atomic mass is 35.5. The number of hydrogen-bond donors (Lipinski definition) is 0. The van der Waals surface area contributed by atoms with E-state index >= 15 is 0 Å². The Labute approximate surface area is 219 Å². The maximum Gasteiger partial charge on any atom is 0.487 e.